The van der Waals surface area contributed by atoms with E-state index in [4.69, 9.17) is 0 Å². The number of carboxylic acids is 1. The zero-order chi connectivity index (χ0) is 22.7. The van der Waals surface area contributed by atoms with Gasteiger partial charge in [0.25, 0.3) is 0 Å². The Labute approximate surface area is 216 Å². The van der Waals surface area contributed by atoms with Gasteiger partial charge in [-0.25, -0.2) is 0 Å². The fraction of sp³-hybridized carbons (Fsp3) is 0.962. The van der Waals surface area contributed by atoms with E-state index in [-0.39, 0.29) is 88.6 Å². The molecule has 4 fully saturated rings. The van der Waals surface area contributed by atoms with E-state index in [1.54, 1.807) is 0 Å². The van der Waals surface area contributed by atoms with Crippen molar-refractivity contribution >= 4 is 5.97 Å². The van der Waals surface area contributed by atoms with E-state index in [2.05, 4.69) is 27.7 Å². The number of rotatable bonds is 5. The van der Waals surface area contributed by atoms with Crippen molar-refractivity contribution in [3.05, 3.63) is 0 Å². The number of fused-ring (bicyclic) bond motifs is 5. The zero-order valence-electron chi connectivity index (χ0n) is 20.8. The second kappa shape index (κ2) is 9.78. The molecule has 0 aromatic heterocycles. The van der Waals surface area contributed by atoms with Gasteiger partial charge in [-0.2, -0.15) is 0 Å². The first-order chi connectivity index (χ1) is 14.5. The van der Waals surface area contributed by atoms with Crippen LogP contribution in [-0.4, -0.2) is 39.6 Å². The topological polar surface area (TPSA) is 101 Å². The summed E-state index contributed by atoms with van der Waals surface area (Å²) in [5.74, 6) is 0.640. The summed E-state index contributed by atoms with van der Waals surface area (Å²) in [6.45, 7) is 8.98. The minimum Gasteiger partial charge on any atom is -0.550 e. The standard InChI is InChI=1S/C26H44O5.Na/c1-5-16-18-12-15(27)8-10-25(18,3)17-9-11-26(4)19(22(17)24(16)31)13-20(28)23(26)14(2)6-7-21(29)30;/h14-20,22-24,27-28,31H,5-13H2,1-4H3,(H,29,30);/q;+1/p-1/t14-,15-,16-,17?,18+,19?,20+,22?,23+,24-,25-,26+;/m1./s1. The molecule has 3 unspecified atom stereocenters. The molecule has 0 aromatic carbocycles. The Balaban J connectivity index is 0.00000289. The van der Waals surface area contributed by atoms with E-state index in [0.717, 1.165) is 44.9 Å². The molecule has 0 spiro atoms. The summed E-state index contributed by atoms with van der Waals surface area (Å²) in [6, 6.07) is 0. The summed E-state index contributed by atoms with van der Waals surface area (Å²) in [4.78, 5) is 11.0. The van der Waals surface area contributed by atoms with Crippen LogP contribution >= 0.6 is 0 Å². The third-order valence-electron chi connectivity index (χ3n) is 10.9. The summed E-state index contributed by atoms with van der Waals surface area (Å²) in [7, 11) is 0. The number of aliphatic carboxylic acids is 1. The van der Waals surface area contributed by atoms with Crippen molar-refractivity contribution in [3.8, 4) is 0 Å². The zero-order valence-corrected chi connectivity index (χ0v) is 22.8. The maximum Gasteiger partial charge on any atom is 1.00 e. The van der Waals surface area contributed by atoms with Crippen LogP contribution in [0.15, 0.2) is 0 Å². The van der Waals surface area contributed by atoms with Crippen LogP contribution in [0.5, 0.6) is 0 Å². The summed E-state index contributed by atoms with van der Waals surface area (Å²) in [6.07, 6.45) is 5.95. The Morgan fingerprint density at radius 1 is 1.03 bits per heavy atom. The number of carbonyl (C=O) groups excluding carboxylic acids is 1. The molecule has 0 saturated heterocycles. The second-order valence-corrected chi connectivity index (χ2v) is 12.2. The van der Waals surface area contributed by atoms with E-state index in [1.807, 2.05) is 0 Å². The van der Waals surface area contributed by atoms with E-state index in [0.29, 0.717) is 18.3 Å². The van der Waals surface area contributed by atoms with Crippen LogP contribution in [0.1, 0.15) is 85.5 Å². The van der Waals surface area contributed by atoms with Crippen LogP contribution in [0.25, 0.3) is 0 Å². The molecule has 0 bridgehead atoms. The van der Waals surface area contributed by atoms with Crippen molar-refractivity contribution < 1.29 is 54.8 Å². The molecule has 12 atom stereocenters. The van der Waals surface area contributed by atoms with Crippen molar-refractivity contribution in [1.29, 1.82) is 0 Å². The third-order valence-corrected chi connectivity index (χ3v) is 10.9. The SMILES string of the molecule is CC[C@H]1[C@@H](O)C2C3C[C@H](O)[C@H]([C@H](C)CCC(=O)[O-])[C@@]3(C)CCC2[C@@]2(C)CC[C@@H](O)C[C@@H]12.[Na+]. The monoisotopic (exact) mass is 458 g/mol. The van der Waals surface area contributed by atoms with E-state index in [1.165, 1.54) is 0 Å². The maximum absolute atomic E-state index is 11.7. The molecule has 4 saturated carbocycles. The molecule has 4 aliphatic carbocycles. The van der Waals surface area contributed by atoms with Gasteiger partial charge in [-0.05, 0) is 104 Å². The molecule has 0 radical (unpaired) electrons. The normalized spacial score (nSPS) is 51.0. The Bertz CT molecular complexity index is 687. The number of carbonyl (C=O) groups is 1. The molecule has 5 nitrogen and oxygen atoms in total. The predicted octanol–water partition coefficient (Wildman–Crippen LogP) is -0.246. The fourth-order valence-corrected chi connectivity index (χ4v) is 9.57. The van der Waals surface area contributed by atoms with Crippen LogP contribution in [0.4, 0.5) is 0 Å². The van der Waals surface area contributed by atoms with Crippen LogP contribution in [0, 0.1) is 52.3 Å². The molecule has 0 aromatic rings. The molecule has 0 amide bonds. The smallest absolute Gasteiger partial charge is 0.550 e. The molecule has 178 valence electrons. The van der Waals surface area contributed by atoms with Gasteiger partial charge < -0.3 is 25.2 Å². The summed E-state index contributed by atoms with van der Waals surface area (Å²) < 4.78 is 0. The molecule has 0 heterocycles. The molecule has 32 heavy (non-hydrogen) atoms. The quantitative estimate of drug-likeness (QED) is 0.494. The van der Waals surface area contributed by atoms with Crippen molar-refractivity contribution in [3.63, 3.8) is 0 Å². The molecule has 4 rings (SSSR count). The molecule has 0 aliphatic heterocycles. The molecule has 4 aliphatic rings. The minimum atomic E-state index is -1.02. The number of aliphatic hydroxyl groups is 3. The number of aliphatic hydroxyl groups excluding tert-OH is 3. The summed E-state index contributed by atoms with van der Waals surface area (Å²) in [5.41, 5.74) is 0.0807. The average molecular weight is 459 g/mol. The molecule has 6 heteroatoms. The predicted molar refractivity (Wildman–Crippen MR) is 117 cm³/mol. The average Bonchev–Trinajstić information content (AvgIpc) is 2.98. The van der Waals surface area contributed by atoms with Gasteiger partial charge in [-0.1, -0.05) is 34.1 Å². The van der Waals surface area contributed by atoms with E-state index < -0.39 is 12.1 Å². The van der Waals surface area contributed by atoms with Gasteiger partial charge in [0.15, 0.2) is 0 Å². The summed E-state index contributed by atoms with van der Waals surface area (Å²) in [5, 5.41) is 44.3. The van der Waals surface area contributed by atoms with Crippen LogP contribution in [0.3, 0.4) is 0 Å². The molecular formula is C26H43NaO5. The van der Waals surface area contributed by atoms with Crippen molar-refractivity contribution in [1.82, 2.24) is 0 Å². The van der Waals surface area contributed by atoms with Crippen LogP contribution < -0.4 is 34.7 Å². The van der Waals surface area contributed by atoms with Gasteiger partial charge in [0.1, 0.15) is 0 Å². The van der Waals surface area contributed by atoms with Crippen LogP contribution in [0.2, 0.25) is 0 Å². The van der Waals surface area contributed by atoms with Crippen molar-refractivity contribution in [2.24, 2.45) is 52.3 Å². The largest absolute Gasteiger partial charge is 1.00 e. The Morgan fingerprint density at radius 3 is 2.31 bits per heavy atom. The van der Waals surface area contributed by atoms with Crippen molar-refractivity contribution in [2.75, 3.05) is 0 Å². The maximum atomic E-state index is 11.7. The Kier molecular flexibility index (Phi) is 8.23. The number of carboxylic acid groups (broad SMARTS) is 1. The summed E-state index contributed by atoms with van der Waals surface area (Å²) >= 11 is 0. The van der Waals surface area contributed by atoms with Gasteiger partial charge in [0.05, 0.1) is 18.3 Å². The van der Waals surface area contributed by atoms with Gasteiger partial charge in [0.2, 0.25) is 0 Å². The van der Waals surface area contributed by atoms with Crippen LogP contribution in [-0.2, 0) is 4.79 Å². The minimum absolute atomic E-state index is 0. The van der Waals surface area contributed by atoms with Crippen molar-refractivity contribution in [2.45, 2.75) is 104 Å². The van der Waals surface area contributed by atoms with E-state index in [9.17, 15) is 25.2 Å². The number of hydrogen-bond donors (Lipinski definition) is 3. The van der Waals surface area contributed by atoms with Gasteiger partial charge in [0, 0.05) is 5.97 Å². The molecule has 3 N–H and O–H groups in total. The first kappa shape index (κ1) is 26.9. The number of hydrogen-bond acceptors (Lipinski definition) is 5. The second-order valence-electron chi connectivity index (χ2n) is 12.2. The van der Waals surface area contributed by atoms with Gasteiger partial charge in [-0.15, -0.1) is 0 Å². The first-order valence-electron chi connectivity index (χ1n) is 12.8. The van der Waals surface area contributed by atoms with Gasteiger partial charge in [-0.3, -0.25) is 0 Å². The van der Waals surface area contributed by atoms with E-state index >= 15 is 0 Å². The Hall–Kier alpha value is 0.350. The Morgan fingerprint density at radius 2 is 1.69 bits per heavy atom. The fourth-order valence-electron chi connectivity index (χ4n) is 9.57. The van der Waals surface area contributed by atoms with Gasteiger partial charge >= 0.3 is 29.6 Å². The third kappa shape index (κ3) is 4.15. The first-order valence-corrected chi connectivity index (χ1v) is 12.8. The molecular weight excluding hydrogens is 415 g/mol.